The standard InChI is InChI=1S/C13H16N2O6S/c1-2-14-11(19)6-4-22-5-7(6)15(13(14)20)12-10(18)9(17)8(3-16)21-12/h4-5,8-10,12,16-18H,2-3H2,1H3/t8-,9-,10-,12-/m1/s1. The first-order valence-electron chi connectivity index (χ1n) is 6.85. The second kappa shape index (κ2) is 5.60. The van der Waals surface area contributed by atoms with Gasteiger partial charge in [-0.25, -0.2) is 4.79 Å². The van der Waals surface area contributed by atoms with E-state index in [-0.39, 0.29) is 6.54 Å². The molecule has 3 rings (SSSR count). The largest absolute Gasteiger partial charge is 0.394 e. The van der Waals surface area contributed by atoms with E-state index in [2.05, 4.69) is 0 Å². The van der Waals surface area contributed by atoms with Gasteiger partial charge < -0.3 is 20.1 Å². The van der Waals surface area contributed by atoms with Gasteiger partial charge in [0, 0.05) is 17.3 Å². The van der Waals surface area contributed by atoms with Crippen LogP contribution in [0.25, 0.3) is 10.9 Å². The lowest BCUT2D eigenvalue weighted by molar-refractivity contribution is -0.0532. The molecule has 0 aromatic carbocycles. The maximum atomic E-state index is 12.6. The summed E-state index contributed by atoms with van der Waals surface area (Å²) in [7, 11) is 0. The third-order valence-electron chi connectivity index (χ3n) is 3.90. The topological polar surface area (TPSA) is 114 Å². The number of rotatable bonds is 3. The number of aliphatic hydroxyl groups is 3. The molecule has 1 aliphatic heterocycles. The minimum atomic E-state index is -1.37. The summed E-state index contributed by atoms with van der Waals surface area (Å²) in [6.45, 7) is 1.37. The van der Waals surface area contributed by atoms with E-state index in [1.165, 1.54) is 15.9 Å². The summed E-state index contributed by atoms with van der Waals surface area (Å²) in [5.41, 5.74) is -0.667. The molecule has 1 saturated heterocycles. The van der Waals surface area contributed by atoms with Crippen molar-refractivity contribution in [2.75, 3.05) is 6.61 Å². The van der Waals surface area contributed by atoms with Crippen molar-refractivity contribution >= 4 is 22.2 Å². The van der Waals surface area contributed by atoms with E-state index in [9.17, 15) is 19.8 Å². The van der Waals surface area contributed by atoms with E-state index in [0.717, 1.165) is 4.57 Å². The first kappa shape index (κ1) is 15.4. The molecule has 2 aromatic heterocycles. The molecule has 22 heavy (non-hydrogen) atoms. The smallest absolute Gasteiger partial charge is 0.333 e. The van der Waals surface area contributed by atoms with Crippen molar-refractivity contribution in [2.24, 2.45) is 0 Å². The van der Waals surface area contributed by atoms with Crippen molar-refractivity contribution in [1.82, 2.24) is 9.13 Å². The highest BCUT2D eigenvalue weighted by Gasteiger charge is 2.44. The van der Waals surface area contributed by atoms with Gasteiger partial charge in [0.15, 0.2) is 6.23 Å². The summed E-state index contributed by atoms with van der Waals surface area (Å²) in [5.74, 6) is 0. The fourth-order valence-electron chi connectivity index (χ4n) is 2.72. The highest BCUT2D eigenvalue weighted by molar-refractivity contribution is 7.09. The first-order chi connectivity index (χ1) is 10.5. The maximum Gasteiger partial charge on any atom is 0.333 e. The van der Waals surface area contributed by atoms with E-state index in [0.29, 0.717) is 10.9 Å². The van der Waals surface area contributed by atoms with Crippen LogP contribution >= 0.6 is 11.3 Å². The third-order valence-corrected chi connectivity index (χ3v) is 4.63. The van der Waals surface area contributed by atoms with Crippen molar-refractivity contribution in [3.63, 3.8) is 0 Å². The summed E-state index contributed by atoms with van der Waals surface area (Å²) in [4.78, 5) is 24.8. The molecular weight excluding hydrogens is 312 g/mol. The number of hydrogen-bond donors (Lipinski definition) is 3. The van der Waals surface area contributed by atoms with Crippen molar-refractivity contribution in [3.05, 3.63) is 31.6 Å². The van der Waals surface area contributed by atoms with Crippen LogP contribution in [0.1, 0.15) is 13.2 Å². The molecule has 0 spiro atoms. The highest BCUT2D eigenvalue weighted by Crippen LogP contribution is 2.30. The number of nitrogens with zero attached hydrogens (tertiary/aromatic N) is 2. The SMILES string of the molecule is CCn1c(=O)c2cscc2n([C@@H]2O[C@H](CO)[C@@H](O)[C@H]2O)c1=O. The molecule has 0 amide bonds. The Morgan fingerprint density at radius 1 is 1.27 bits per heavy atom. The second-order valence-electron chi connectivity index (χ2n) is 5.10. The van der Waals surface area contributed by atoms with Gasteiger partial charge in [0.2, 0.25) is 0 Å². The zero-order valence-corrected chi connectivity index (χ0v) is 12.6. The summed E-state index contributed by atoms with van der Waals surface area (Å²) < 4.78 is 7.63. The number of hydrogen-bond acceptors (Lipinski definition) is 7. The first-order valence-corrected chi connectivity index (χ1v) is 7.79. The molecule has 3 N–H and O–H groups in total. The molecule has 0 unspecified atom stereocenters. The molecule has 0 bridgehead atoms. The Kier molecular flexibility index (Phi) is 3.91. The Balaban J connectivity index is 2.26. The molecule has 120 valence electrons. The van der Waals surface area contributed by atoms with Crippen molar-refractivity contribution in [1.29, 1.82) is 0 Å². The summed E-state index contributed by atoms with van der Waals surface area (Å²) in [6.07, 6.45) is -4.82. The molecule has 3 heterocycles. The lowest BCUT2D eigenvalue weighted by atomic mass is 10.1. The fraction of sp³-hybridized carbons (Fsp3) is 0.538. The van der Waals surface area contributed by atoms with Crippen LogP contribution < -0.4 is 11.2 Å². The van der Waals surface area contributed by atoms with E-state index >= 15 is 0 Å². The predicted octanol–water partition coefficient (Wildman–Crippen LogP) is -1.14. The minimum absolute atomic E-state index is 0.179. The van der Waals surface area contributed by atoms with Gasteiger partial charge in [0.05, 0.1) is 17.5 Å². The number of aromatic nitrogens is 2. The quantitative estimate of drug-likeness (QED) is 0.656. The molecule has 4 atom stereocenters. The summed E-state index contributed by atoms with van der Waals surface area (Å²) in [5, 5.41) is 32.8. The molecule has 9 heteroatoms. The molecule has 2 aromatic rings. The normalized spacial score (nSPS) is 28.5. The van der Waals surface area contributed by atoms with E-state index < -0.39 is 42.4 Å². The predicted molar refractivity (Wildman–Crippen MR) is 79.0 cm³/mol. The Bertz CT molecular complexity index is 809. The van der Waals surface area contributed by atoms with Gasteiger partial charge >= 0.3 is 5.69 Å². The molecule has 0 radical (unpaired) electrons. The van der Waals surface area contributed by atoms with Crippen LogP contribution in [0.15, 0.2) is 20.3 Å². The minimum Gasteiger partial charge on any atom is -0.394 e. The van der Waals surface area contributed by atoms with Crippen molar-refractivity contribution in [2.45, 2.75) is 38.0 Å². The zero-order valence-electron chi connectivity index (χ0n) is 11.7. The van der Waals surface area contributed by atoms with Gasteiger partial charge in [-0.3, -0.25) is 13.9 Å². The Morgan fingerprint density at radius 2 is 2.00 bits per heavy atom. The van der Waals surface area contributed by atoms with Crippen LogP contribution in [0.2, 0.25) is 0 Å². The molecule has 1 fully saturated rings. The van der Waals surface area contributed by atoms with Crippen LogP contribution in [0, 0.1) is 0 Å². The number of ether oxygens (including phenoxy) is 1. The van der Waals surface area contributed by atoms with Gasteiger partial charge in [0.1, 0.15) is 18.3 Å². The van der Waals surface area contributed by atoms with E-state index in [1.54, 1.807) is 17.7 Å². The molecule has 8 nitrogen and oxygen atoms in total. The monoisotopic (exact) mass is 328 g/mol. The van der Waals surface area contributed by atoms with Gasteiger partial charge in [-0.05, 0) is 6.92 Å². The molecular formula is C13H16N2O6S. The van der Waals surface area contributed by atoms with Gasteiger partial charge in [0.25, 0.3) is 5.56 Å². The van der Waals surface area contributed by atoms with E-state index in [4.69, 9.17) is 9.84 Å². The highest BCUT2D eigenvalue weighted by atomic mass is 32.1. The van der Waals surface area contributed by atoms with Crippen LogP contribution in [-0.2, 0) is 11.3 Å². The lowest BCUT2D eigenvalue weighted by Gasteiger charge is -2.20. The Hall–Kier alpha value is -1.52. The zero-order chi connectivity index (χ0) is 16.0. The van der Waals surface area contributed by atoms with Gasteiger partial charge in [-0.1, -0.05) is 0 Å². The van der Waals surface area contributed by atoms with Crippen LogP contribution in [0.3, 0.4) is 0 Å². The second-order valence-corrected chi connectivity index (χ2v) is 5.85. The third kappa shape index (κ3) is 2.05. The molecule has 0 saturated carbocycles. The van der Waals surface area contributed by atoms with Crippen LogP contribution in [-0.4, -0.2) is 49.4 Å². The van der Waals surface area contributed by atoms with Crippen molar-refractivity contribution in [3.8, 4) is 0 Å². The number of aliphatic hydroxyl groups excluding tert-OH is 3. The average Bonchev–Trinajstić information content (AvgIpc) is 3.08. The van der Waals surface area contributed by atoms with Crippen molar-refractivity contribution < 1.29 is 20.1 Å². The maximum absolute atomic E-state index is 12.6. The molecule has 0 aliphatic carbocycles. The summed E-state index contributed by atoms with van der Waals surface area (Å²) in [6, 6.07) is 0. The Labute approximate surface area is 128 Å². The summed E-state index contributed by atoms with van der Waals surface area (Å²) >= 11 is 1.25. The van der Waals surface area contributed by atoms with Crippen LogP contribution in [0.4, 0.5) is 0 Å². The Morgan fingerprint density at radius 3 is 2.59 bits per heavy atom. The molecule has 1 aliphatic rings. The number of fused-ring (bicyclic) bond motifs is 1. The van der Waals surface area contributed by atoms with Crippen LogP contribution in [0.5, 0.6) is 0 Å². The van der Waals surface area contributed by atoms with E-state index in [1.807, 2.05) is 0 Å². The van der Waals surface area contributed by atoms with Gasteiger partial charge in [-0.15, -0.1) is 11.3 Å². The van der Waals surface area contributed by atoms with Gasteiger partial charge in [-0.2, -0.15) is 0 Å². The average molecular weight is 328 g/mol. The number of thiophene rings is 1. The fourth-order valence-corrected chi connectivity index (χ4v) is 3.52. The lowest BCUT2D eigenvalue weighted by Crippen LogP contribution is -2.43.